The van der Waals surface area contributed by atoms with Crippen molar-refractivity contribution in [3.63, 3.8) is 0 Å². The van der Waals surface area contributed by atoms with E-state index in [-0.39, 0.29) is 11.1 Å². The molecule has 0 aliphatic rings. The molecule has 0 amide bonds. The Morgan fingerprint density at radius 2 is 2.23 bits per heavy atom. The van der Waals surface area contributed by atoms with Gasteiger partial charge in [-0.15, -0.1) is 12.6 Å². The second-order valence-corrected chi connectivity index (χ2v) is 3.08. The van der Waals surface area contributed by atoms with Gasteiger partial charge >= 0.3 is 5.97 Å². The number of hydrogen-bond donors (Lipinski definition) is 2. The molecule has 1 N–H and O–H groups in total. The zero-order chi connectivity index (χ0) is 10.0. The first-order valence-corrected chi connectivity index (χ1v) is 3.98. The average molecular weight is 193 g/mol. The lowest BCUT2D eigenvalue weighted by molar-refractivity contribution is 0.0696. The molecule has 13 heavy (non-hydrogen) atoms. The molecule has 0 atom stereocenters. The molecular weight excluding hydrogens is 186 g/mol. The number of carboxylic acid groups (broad SMARTS) is 1. The Labute approximate surface area is 81.0 Å². The van der Waals surface area contributed by atoms with Gasteiger partial charge in [0.05, 0.1) is 11.1 Å². The van der Waals surface area contributed by atoms with E-state index < -0.39 is 5.97 Å². The normalized spacial score (nSPS) is 9.31. The molecule has 0 radical (unpaired) electrons. The SMILES string of the molecule is Cc1cc(C#N)c(C(=O)O)cc1S. The van der Waals surface area contributed by atoms with Gasteiger partial charge in [-0.1, -0.05) is 0 Å². The minimum absolute atomic E-state index is 0.00176. The van der Waals surface area contributed by atoms with Crippen molar-refractivity contribution in [3.8, 4) is 6.07 Å². The highest BCUT2D eigenvalue weighted by molar-refractivity contribution is 7.80. The number of thiol groups is 1. The number of rotatable bonds is 1. The first kappa shape index (κ1) is 9.62. The smallest absolute Gasteiger partial charge is 0.337 e. The number of benzene rings is 1. The lowest BCUT2D eigenvalue weighted by Gasteiger charge is -2.02. The second kappa shape index (κ2) is 3.50. The molecule has 0 heterocycles. The van der Waals surface area contributed by atoms with Crippen LogP contribution in [0.5, 0.6) is 0 Å². The van der Waals surface area contributed by atoms with Gasteiger partial charge in [-0.3, -0.25) is 0 Å². The molecule has 0 aliphatic heterocycles. The van der Waals surface area contributed by atoms with Crippen molar-refractivity contribution in [2.45, 2.75) is 11.8 Å². The maximum absolute atomic E-state index is 10.7. The zero-order valence-electron chi connectivity index (χ0n) is 6.90. The molecule has 0 saturated carbocycles. The summed E-state index contributed by atoms with van der Waals surface area (Å²) < 4.78 is 0. The van der Waals surface area contributed by atoms with Crippen molar-refractivity contribution in [3.05, 3.63) is 28.8 Å². The maximum Gasteiger partial charge on any atom is 0.337 e. The fraction of sp³-hybridized carbons (Fsp3) is 0.111. The Balaban J connectivity index is 3.44. The first-order chi connectivity index (χ1) is 6.06. The van der Waals surface area contributed by atoms with E-state index in [1.807, 2.05) is 6.07 Å². The van der Waals surface area contributed by atoms with Crippen LogP contribution in [-0.4, -0.2) is 11.1 Å². The van der Waals surface area contributed by atoms with Crippen molar-refractivity contribution in [1.82, 2.24) is 0 Å². The largest absolute Gasteiger partial charge is 0.478 e. The van der Waals surface area contributed by atoms with Crippen molar-refractivity contribution in [2.24, 2.45) is 0 Å². The molecule has 0 bridgehead atoms. The lowest BCUT2D eigenvalue weighted by Crippen LogP contribution is -2.00. The van der Waals surface area contributed by atoms with E-state index in [1.54, 1.807) is 6.92 Å². The molecule has 0 saturated heterocycles. The Kier molecular flexibility index (Phi) is 2.59. The summed E-state index contributed by atoms with van der Waals surface area (Å²) in [4.78, 5) is 11.2. The van der Waals surface area contributed by atoms with Gasteiger partial charge in [0.2, 0.25) is 0 Å². The van der Waals surface area contributed by atoms with E-state index in [9.17, 15) is 4.79 Å². The monoisotopic (exact) mass is 193 g/mol. The number of carboxylic acids is 1. The molecule has 0 fully saturated rings. The third-order valence-electron chi connectivity index (χ3n) is 1.69. The molecule has 1 aromatic carbocycles. The maximum atomic E-state index is 10.7. The second-order valence-electron chi connectivity index (χ2n) is 2.60. The van der Waals surface area contributed by atoms with E-state index in [0.717, 1.165) is 5.56 Å². The molecule has 1 aromatic rings. The highest BCUT2D eigenvalue weighted by Gasteiger charge is 2.11. The average Bonchev–Trinajstić information content (AvgIpc) is 2.08. The van der Waals surface area contributed by atoms with Crippen LogP contribution in [0, 0.1) is 18.3 Å². The zero-order valence-corrected chi connectivity index (χ0v) is 7.80. The molecule has 4 heteroatoms. The van der Waals surface area contributed by atoms with Gasteiger partial charge in [0.1, 0.15) is 6.07 Å². The summed E-state index contributed by atoms with van der Waals surface area (Å²) in [7, 11) is 0. The summed E-state index contributed by atoms with van der Waals surface area (Å²) in [5, 5.41) is 17.4. The minimum atomic E-state index is -1.10. The molecule has 3 nitrogen and oxygen atoms in total. The Bertz CT molecular complexity index is 407. The van der Waals surface area contributed by atoms with Crippen molar-refractivity contribution in [1.29, 1.82) is 5.26 Å². The van der Waals surface area contributed by atoms with Crippen LogP contribution in [0.4, 0.5) is 0 Å². The van der Waals surface area contributed by atoms with E-state index in [1.165, 1.54) is 12.1 Å². The topological polar surface area (TPSA) is 61.1 Å². The number of carbonyl (C=O) groups is 1. The van der Waals surface area contributed by atoms with Crippen LogP contribution in [0.1, 0.15) is 21.5 Å². The summed E-state index contributed by atoms with van der Waals surface area (Å²) in [6.45, 7) is 1.77. The van der Waals surface area contributed by atoms with Gasteiger partial charge in [-0.2, -0.15) is 5.26 Å². The Hall–Kier alpha value is -1.47. The molecule has 66 valence electrons. The summed E-state index contributed by atoms with van der Waals surface area (Å²) in [6, 6.07) is 4.74. The quantitative estimate of drug-likeness (QED) is 0.669. The van der Waals surface area contributed by atoms with E-state index in [4.69, 9.17) is 10.4 Å². The summed E-state index contributed by atoms with van der Waals surface area (Å²) >= 11 is 4.08. The highest BCUT2D eigenvalue weighted by Crippen LogP contribution is 2.18. The first-order valence-electron chi connectivity index (χ1n) is 3.53. The van der Waals surface area contributed by atoms with E-state index in [2.05, 4.69) is 12.6 Å². The summed E-state index contributed by atoms with van der Waals surface area (Å²) in [6.07, 6.45) is 0. The Morgan fingerprint density at radius 3 is 2.69 bits per heavy atom. The van der Waals surface area contributed by atoms with Gasteiger partial charge in [0, 0.05) is 4.90 Å². The van der Waals surface area contributed by atoms with Crippen LogP contribution in [0.2, 0.25) is 0 Å². The molecule has 0 spiro atoms. The van der Waals surface area contributed by atoms with Crippen LogP contribution in [0.3, 0.4) is 0 Å². The number of aryl methyl sites for hydroxylation is 1. The van der Waals surface area contributed by atoms with Crippen LogP contribution >= 0.6 is 12.6 Å². The van der Waals surface area contributed by atoms with Gasteiger partial charge in [-0.05, 0) is 24.6 Å². The number of aromatic carboxylic acids is 1. The summed E-state index contributed by atoms with van der Waals surface area (Å²) in [5.74, 6) is -1.10. The van der Waals surface area contributed by atoms with Crippen molar-refractivity contribution >= 4 is 18.6 Å². The number of hydrogen-bond acceptors (Lipinski definition) is 3. The van der Waals surface area contributed by atoms with Crippen LogP contribution < -0.4 is 0 Å². The Morgan fingerprint density at radius 1 is 1.62 bits per heavy atom. The highest BCUT2D eigenvalue weighted by atomic mass is 32.1. The number of nitriles is 1. The van der Waals surface area contributed by atoms with Crippen molar-refractivity contribution in [2.75, 3.05) is 0 Å². The molecule has 1 rings (SSSR count). The molecule has 0 unspecified atom stereocenters. The van der Waals surface area contributed by atoms with Gasteiger partial charge in [0.15, 0.2) is 0 Å². The van der Waals surface area contributed by atoms with Crippen molar-refractivity contribution < 1.29 is 9.90 Å². The van der Waals surface area contributed by atoms with E-state index >= 15 is 0 Å². The summed E-state index contributed by atoms with van der Waals surface area (Å²) in [5.41, 5.74) is 0.964. The minimum Gasteiger partial charge on any atom is -0.478 e. The predicted octanol–water partition coefficient (Wildman–Crippen LogP) is 1.85. The van der Waals surface area contributed by atoms with Crippen LogP contribution in [0.25, 0.3) is 0 Å². The van der Waals surface area contributed by atoms with Gasteiger partial charge in [0.25, 0.3) is 0 Å². The predicted molar refractivity (Wildman–Crippen MR) is 50.1 cm³/mol. The van der Waals surface area contributed by atoms with E-state index in [0.29, 0.717) is 4.90 Å². The molecular formula is C9H7NO2S. The standard InChI is InChI=1S/C9H7NO2S/c1-5-2-6(4-10)7(9(11)12)3-8(5)13/h2-3,13H,1H3,(H,11,12). The number of nitrogens with zero attached hydrogens (tertiary/aromatic N) is 1. The fourth-order valence-corrected chi connectivity index (χ4v) is 1.16. The molecule has 0 aliphatic carbocycles. The van der Waals surface area contributed by atoms with Crippen LogP contribution in [-0.2, 0) is 0 Å². The third-order valence-corrected chi connectivity index (χ3v) is 2.17. The van der Waals surface area contributed by atoms with Gasteiger partial charge < -0.3 is 5.11 Å². The fourth-order valence-electron chi connectivity index (χ4n) is 0.966. The van der Waals surface area contributed by atoms with Crippen LogP contribution in [0.15, 0.2) is 17.0 Å². The third kappa shape index (κ3) is 1.82. The molecule has 0 aromatic heterocycles. The van der Waals surface area contributed by atoms with Gasteiger partial charge in [-0.25, -0.2) is 4.79 Å². The lowest BCUT2D eigenvalue weighted by atomic mass is 10.1.